The van der Waals surface area contributed by atoms with Crippen LogP contribution in [-0.4, -0.2) is 35.5 Å². The van der Waals surface area contributed by atoms with Crippen LogP contribution in [0.5, 0.6) is 0 Å². The summed E-state index contributed by atoms with van der Waals surface area (Å²) in [6, 6.07) is 1.05. The molecule has 2 heterocycles. The molecular formula is C15H10F6N6O. The Labute approximate surface area is 152 Å². The summed E-state index contributed by atoms with van der Waals surface area (Å²) in [6.07, 6.45) is -8.95. The first-order valence-corrected chi connectivity index (χ1v) is 7.50. The monoisotopic (exact) mass is 404 g/mol. The molecule has 28 heavy (non-hydrogen) atoms. The Hall–Kier alpha value is -3.25. The minimum Gasteiger partial charge on any atom is -0.293 e. The van der Waals surface area contributed by atoms with E-state index >= 15 is 0 Å². The van der Waals surface area contributed by atoms with E-state index in [0.29, 0.717) is 12.1 Å². The number of hydrogen-bond acceptors (Lipinski definition) is 5. The molecule has 0 fully saturated rings. The quantitative estimate of drug-likeness (QED) is 0.495. The molecule has 0 bridgehead atoms. The van der Waals surface area contributed by atoms with Crippen molar-refractivity contribution in [2.45, 2.75) is 19.3 Å². The van der Waals surface area contributed by atoms with Gasteiger partial charge in [-0.1, -0.05) is 5.21 Å². The highest BCUT2D eigenvalue weighted by Gasteiger charge is 2.37. The van der Waals surface area contributed by atoms with Crippen LogP contribution in [0.3, 0.4) is 0 Å². The van der Waals surface area contributed by atoms with Crippen molar-refractivity contribution in [1.82, 2.24) is 29.8 Å². The number of alkyl halides is 6. The summed E-state index contributed by atoms with van der Waals surface area (Å²) in [5, 5.41) is 11.2. The van der Waals surface area contributed by atoms with E-state index in [0.717, 1.165) is 11.0 Å². The number of carbonyl (C=O) groups is 1. The van der Waals surface area contributed by atoms with Gasteiger partial charge in [-0.05, 0) is 18.2 Å². The van der Waals surface area contributed by atoms with Gasteiger partial charge in [-0.3, -0.25) is 4.79 Å². The van der Waals surface area contributed by atoms with Crippen molar-refractivity contribution in [1.29, 1.82) is 0 Å². The maximum Gasteiger partial charge on any atom is 0.416 e. The van der Waals surface area contributed by atoms with Gasteiger partial charge in [-0.2, -0.15) is 31.0 Å². The van der Waals surface area contributed by atoms with Crippen molar-refractivity contribution in [2.24, 2.45) is 7.05 Å². The smallest absolute Gasteiger partial charge is 0.293 e. The van der Waals surface area contributed by atoms with Crippen LogP contribution in [0.4, 0.5) is 26.3 Å². The first-order chi connectivity index (χ1) is 12.9. The zero-order valence-corrected chi connectivity index (χ0v) is 14.2. The molecule has 1 aromatic carbocycles. The number of rotatable bonds is 3. The fraction of sp³-hybridized carbons (Fsp3) is 0.267. The summed E-state index contributed by atoms with van der Waals surface area (Å²) in [5.41, 5.74) is -3.54. The van der Waals surface area contributed by atoms with Crippen molar-refractivity contribution in [3.8, 4) is 17.2 Å². The lowest BCUT2D eigenvalue weighted by molar-refractivity contribution is -0.143. The molecule has 0 amide bonds. The highest BCUT2D eigenvalue weighted by Crippen LogP contribution is 2.38. The Kier molecular flexibility index (Phi) is 4.47. The second kappa shape index (κ2) is 6.42. The van der Waals surface area contributed by atoms with Gasteiger partial charge in [0.2, 0.25) is 0 Å². The van der Waals surface area contributed by atoms with E-state index in [9.17, 15) is 31.1 Å². The minimum atomic E-state index is -4.99. The SMILES string of the molecule is CC(=O)c1nnn(C)c1-n1cnc(-c2cc(C(F)(F)F)cc(C(F)(F)F)c2)n1. The third-order valence-corrected chi connectivity index (χ3v) is 3.69. The third-order valence-electron chi connectivity index (χ3n) is 3.69. The zero-order chi connectivity index (χ0) is 20.9. The zero-order valence-electron chi connectivity index (χ0n) is 14.2. The average molecular weight is 404 g/mol. The summed E-state index contributed by atoms with van der Waals surface area (Å²) in [7, 11) is 1.43. The summed E-state index contributed by atoms with van der Waals surface area (Å²) in [6.45, 7) is 1.22. The Balaban J connectivity index is 2.14. The maximum absolute atomic E-state index is 13.0. The fourth-order valence-corrected chi connectivity index (χ4v) is 2.42. The number of hydrogen-bond donors (Lipinski definition) is 0. The fourth-order valence-electron chi connectivity index (χ4n) is 2.42. The molecule has 0 aliphatic carbocycles. The molecule has 7 nitrogen and oxygen atoms in total. The number of ketones is 1. The van der Waals surface area contributed by atoms with Crippen molar-refractivity contribution in [3.05, 3.63) is 41.3 Å². The van der Waals surface area contributed by atoms with Crippen molar-refractivity contribution in [2.75, 3.05) is 0 Å². The second-order valence-corrected chi connectivity index (χ2v) is 5.75. The van der Waals surface area contributed by atoms with E-state index in [1.165, 1.54) is 18.7 Å². The van der Waals surface area contributed by atoms with Crippen LogP contribution in [0.15, 0.2) is 24.5 Å². The molecule has 148 valence electrons. The van der Waals surface area contributed by atoms with Crippen LogP contribution in [0, 0.1) is 0 Å². The first kappa shape index (κ1) is 19.5. The molecule has 0 aliphatic heterocycles. The van der Waals surface area contributed by atoms with Crippen molar-refractivity contribution < 1.29 is 31.1 Å². The van der Waals surface area contributed by atoms with E-state index in [1.54, 1.807) is 0 Å². The summed E-state index contributed by atoms with van der Waals surface area (Å²) in [5.74, 6) is -0.792. The van der Waals surface area contributed by atoms with Gasteiger partial charge in [0, 0.05) is 19.5 Å². The van der Waals surface area contributed by atoms with Gasteiger partial charge in [-0.25, -0.2) is 9.67 Å². The number of benzene rings is 1. The Bertz CT molecular complexity index is 1020. The minimum absolute atomic E-state index is 0.0133. The summed E-state index contributed by atoms with van der Waals surface area (Å²) < 4.78 is 80.2. The molecule has 13 heteroatoms. The predicted molar refractivity (Wildman–Crippen MR) is 81.4 cm³/mol. The Morgan fingerprint density at radius 3 is 2.07 bits per heavy atom. The number of Topliss-reactive ketones (excluding diaryl/α,β-unsaturated/α-hetero) is 1. The number of aryl methyl sites for hydroxylation is 1. The van der Waals surface area contributed by atoms with Crippen LogP contribution >= 0.6 is 0 Å². The lowest BCUT2D eigenvalue weighted by Gasteiger charge is -2.13. The van der Waals surface area contributed by atoms with Crippen LogP contribution < -0.4 is 0 Å². The van der Waals surface area contributed by atoms with Crippen LogP contribution in [-0.2, 0) is 19.4 Å². The van der Waals surface area contributed by atoms with Crippen molar-refractivity contribution >= 4 is 5.78 Å². The first-order valence-electron chi connectivity index (χ1n) is 7.50. The number of nitrogens with zero attached hydrogens (tertiary/aromatic N) is 6. The molecule has 0 atom stereocenters. The maximum atomic E-state index is 13.0. The Morgan fingerprint density at radius 1 is 1.00 bits per heavy atom. The van der Waals surface area contributed by atoms with Gasteiger partial charge in [0.1, 0.15) is 6.33 Å². The van der Waals surface area contributed by atoms with Gasteiger partial charge in [0.05, 0.1) is 11.1 Å². The molecule has 0 unspecified atom stereocenters. The van der Waals surface area contributed by atoms with Gasteiger partial charge >= 0.3 is 12.4 Å². The molecule has 3 rings (SSSR count). The van der Waals surface area contributed by atoms with Gasteiger partial charge in [-0.15, -0.1) is 10.2 Å². The predicted octanol–water partition coefficient (Wildman–Crippen LogP) is 3.30. The topological polar surface area (TPSA) is 78.5 Å². The highest BCUT2D eigenvalue weighted by atomic mass is 19.4. The molecule has 0 aliphatic rings. The molecule has 0 spiro atoms. The van der Waals surface area contributed by atoms with E-state index in [1.807, 2.05) is 0 Å². The largest absolute Gasteiger partial charge is 0.416 e. The lowest BCUT2D eigenvalue weighted by atomic mass is 10.0. The standard InChI is InChI=1S/C15H10F6N6O/c1-7(28)11-13(26(2)25-23-11)27-6-22-12(24-27)8-3-9(14(16,17)18)5-10(4-8)15(19,20)21/h3-6H,1-2H3. The lowest BCUT2D eigenvalue weighted by Crippen LogP contribution is -2.11. The summed E-state index contributed by atoms with van der Waals surface area (Å²) >= 11 is 0. The number of aromatic nitrogens is 6. The molecule has 0 saturated heterocycles. The number of halogens is 6. The Morgan fingerprint density at radius 2 is 1.57 bits per heavy atom. The molecule has 0 saturated carbocycles. The molecule has 0 radical (unpaired) electrons. The molecule has 3 aromatic rings. The third kappa shape index (κ3) is 3.59. The van der Waals surface area contributed by atoms with E-state index in [2.05, 4.69) is 20.4 Å². The van der Waals surface area contributed by atoms with E-state index in [4.69, 9.17) is 0 Å². The van der Waals surface area contributed by atoms with Gasteiger partial charge < -0.3 is 0 Å². The van der Waals surface area contributed by atoms with Crippen LogP contribution in [0.2, 0.25) is 0 Å². The van der Waals surface area contributed by atoms with Gasteiger partial charge in [0.15, 0.2) is 23.1 Å². The molecule has 2 aromatic heterocycles. The van der Waals surface area contributed by atoms with Crippen LogP contribution in [0.25, 0.3) is 17.2 Å². The highest BCUT2D eigenvalue weighted by molar-refractivity contribution is 5.94. The average Bonchev–Trinajstić information content (AvgIpc) is 3.19. The molecule has 0 N–H and O–H groups in total. The van der Waals surface area contributed by atoms with Crippen molar-refractivity contribution in [3.63, 3.8) is 0 Å². The number of carbonyl (C=O) groups excluding carboxylic acids is 1. The molecular weight excluding hydrogens is 394 g/mol. The van der Waals surface area contributed by atoms with E-state index in [-0.39, 0.29) is 17.6 Å². The second-order valence-electron chi connectivity index (χ2n) is 5.75. The summed E-state index contributed by atoms with van der Waals surface area (Å²) in [4.78, 5) is 15.4. The van der Waals surface area contributed by atoms with E-state index < -0.39 is 40.7 Å². The van der Waals surface area contributed by atoms with Gasteiger partial charge in [0.25, 0.3) is 0 Å². The normalized spacial score (nSPS) is 12.4. The van der Waals surface area contributed by atoms with Crippen LogP contribution in [0.1, 0.15) is 28.5 Å².